The first-order valence-corrected chi connectivity index (χ1v) is 8.78. The maximum atomic E-state index is 13.4. The van der Waals surface area contributed by atoms with Crippen molar-refractivity contribution < 1.29 is 38.1 Å². The first-order valence-electron chi connectivity index (χ1n) is 8.78. The zero-order valence-corrected chi connectivity index (χ0v) is 16.8. The first-order chi connectivity index (χ1) is 14.2. The summed E-state index contributed by atoms with van der Waals surface area (Å²) in [6.07, 6.45) is -0.527. The summed E-state index contributed by atoms with van der Waals surface area (Å²) in [5.41, 5.74) is 4.24. The van der Waals surface area contributed by atoms with Crippen LogP contribution in [0.3, 0.4) is 0 Å². The standard InChI is InChI=1S/C20H20N2O8/c1-22-11-8-6-5-7-10(11)20(15(16(22)21)18(25)29-4)14(17(24)28-3)12(30-19(20)26)9-13(23)27-2/h5-8H,9,21H2,1-4H3/t20-/m1/s1. The zero-order valence-electron chi connectivity index (χ0n) is 16.8. The number of cyclic esters (lactones) is 1. The molecule has 10 nitrogen and oxygen atoms in total. The van der Waals surface area contributed by atoms with Crippen LogP contribution >= 0.6 is 0 Å². The molecule has 158 valence electrons. The van der Waals surface area contributed by atoms with Gasteiger partial charge in [-0.1, -0.05) is 18.2 Å². The molecule has 1 atom stereocenters. The number of ether oxygens (including phenoxy) is 4. The average molecular weight is 416 g/mol. The largest absolute Gasteiger partial charge is 0.469 e. The van der Waals surface area contributed by atoms with Crippen molar-refractivity contribution in [1.82, 2.24) is 0 Å². The Hall–Kier alpha value is -3.82. The number of carbonyl (C=O) groups is 4. The lowest BCUT2D eigenvalue weighted by Gasteiger charge is -2.39. The van der Waals surface area contributed by atoms with E-state index in [2.05, 4.69) is 4.74 Å². The third-order valence-electron chi connectivity index (χ3n) is 5.15. The molecule has 2 aliphatic rings. The van der Waals surface area contributed by atoms with Gasteiger partial charge in [-0.15, -0.1) is 0 Å². The SMILES string of the molecule is COC(=O)CC1=C(C(=O)OC)[C@@]2(C(=O)O1)C(C(=O)OC)=C(N)N(C)c1ccccc12. The quantitative estimate of drug-likeness (QED) is 0.538. The molecule has 0 radical (unpaired) electrons. The van der Waals surface area contributed by atoms with Gasteiger partial charge in [0, 0.05) is 18.3 Å². The van der Waals surface area contributed by atoms with E-state index >= 15 is 0 Å². The van der Waals surface area contributed by atoms with E-state index in [9.17, 15) is 19.2 Å². The van der Waals surface area contributed by atoms with Crippen molar-refractivity contribution in [3.8, 4) is 0 Å². The van der Waals surface area contributed by atoms with Gasteiger partial charge in [0.2, 0.25) is 0 Å². The molecule has 0 bridgehead atoms. The maximum Gasteiger partial charge on any atom is 0.339 e. The molecule has 2 N–H and O–H groups in total. The van der Waals surface area contributed by atoms with Crippen LogP contribution in [0.2, 0.25) is 0 Å². The van der Waals surface area contributed by atoms with Gasteiger partial charge >= 0.3 is 23.9 Å². The molecule has 1 aromatic carbocycles. The van der Waals surface area contributed by atoms with E-state index in [0.29, 0.717) is 5.69 Å². The number of benzene rings is 1. The molecule has 0 aromatic heterocycles. The molecular formula is C20H20N2O8. The van der Waals surface area contributed by atoms with Gasteiger partial charge in [0.15, 0.2) is 5.41 Å². The Morgan fingerprint density at radius 2 is 1.63 bits per heavy atom. The predicted octanol–water partition coefficient (Wildman–Crippen LogP) is 0.265. The monoisotopic (exact) mass is 416 g/mol. The van der Waals surface area contributed by atoms with Crippen molar-refractivity contribution in [2.45, 2.75) is 11.8 Å². The highest BCUT2D eigenvalue weighted by Crippen LogP contribution is 2.54. The van der Waals surface area contributed by atoms with Gasteiger partial charge in [-0.25, -0.2) is 14.4 Å². The van der Waals surface area contributed by atoms with Crippen LogP contribution in [0.4, 0.5) is 5.69 Å². The summed E-state index contributed by atoms with van der Waals surface area (Å²) in [5, 5.41) is 0. The van der Waals surface area contributed by atoms with E-state index in [1.54, 1.807) is 31.3 Å². The molecule has 0 saturated carbocycles. The van der Waals surface area contributed by atoms with E-state index in [1.807, 2.05) is 0 Å². The van der Waals surface area contributed by atoms with Crippen LogP contribution in [-0.4, -0.2) is 52.3 Å². The lowest BCUT2D eigenvalue weighted by Crippen LogP contribution is -2.49. The third kappa shape index (κ3) is 2.71. The summed E-state index contributed by atoms with van der Waals surface area (Å²) in [7, 11) is 4.97. The van der Waals surface area contributed by atoms with E-state index in [0.717, 1.165) is 21.3 Å². The van der Waals surface area contributed by atoms with Gasteiger partial charge in [0.1, 0.15) is 29.1 Å². The number of carbonyl (C=O) groups excluding carboxylic acids is 4. The molecule has 0 aliphatic carbocycles. The summed E-state index contributed by atoms with van der Waals surface area (Å²) < 4.78 is 19.8. The van der Waals surface area contributed by atoms with Crippen molar-refractivity contribution in [3.05, 3.63) is 52.6 Å². The van der Waals surface area contributed by atoms with Crippen molar-refractivity contribution in [2.75, 3.05) is 33.3 Å². The van der Waals surface area contributed by atoms with Gasteiger partial charge < -0.3 is 29.6 Å². The van der Waals surface area contributed by atoms with Gasteiger partial charge in [-0.2, -0.15) is 0 Å². The molecule has 30 heavy (non-hydrogen) atoms. The molecule has 0 fully saturated rings. The van der Waals surface area contributed by atoms with Gasteiger partial charge in [0.25, 0.3) is 0 Å². The molecule has 0 saturated heterocycles. The fraction of sp³-hybridized carbons (Fsp3) is 0.300. The van der Waals surface area contributed by atoms with Gasteiger partial charge in [-0.05, 0) is 6.07 Å². The average Bonchev–Trinajstić information content (AvgIpc) is 3.03. The minimum absolute atomic E-state index is 0.113. The highest BCUT2D eigenvalue weighted by atomic mass is 16.6. The Morgan fingerprint density at radius 1 is 1.03 bits per heavy atom. The fourth-order valence-corrected chi connectivity index (χ4v) is 3.79. The lowest BCUT2D eigenvalue weighted by atomic mass is 9.66. The molecule has 2 heterocycles. The van der Waals surface area contributed by atoms with Crippen molar-refractivity contribution in [2.24, 2.45) is 5.73 Å². The summed E-state index contributed by atoms with van der Waals surface area (Å²) >= 11 is 0. The molecule has 0 amide bonds. The summed E-state index contributed by atoms with van der Waals surface area (Å²) in [4.78, 5) is 52.5. The smallest absolute Gasteiger partial charge is 0.339 e. The Morgan fingerprint density at radius 3 is 2.23 bits per heavy atom. The second-order valence-electron chi connectivity index (χ2n) is 6.51. The topological polar surface area (TPSA) is 134 Å². The Labute approximate surface area is 171 Å². The molecule has 3 rings (SSSR count). The highest BCUT2D eigenvalue weighted by molar-refractivity contribution is 6.16. The van der Waals surface area contributed by atoms with Crippen LogP contribution in [0.25, 0.3) is 0 Å². The van der Waals surface area contributed by atoms with E-state index < -0.39 is 35.7 Å². The number of anilines is 1. The van der Waals surface area contributed by atoms with E-state index in [4.69, 9.17) is 19.9 Å². The Kier molecular flexibility index (Phi) is 5.26. The number of nitrogens with zero attached hydrogens (tertiary/aromatic N) is 1. The molecular weight excluding hydrogens is 396 g/mol. The minimum atomic E-state index is -2.07. The van der Waals surface area contributed by atoms with Crippen molar-refractivity contribution in [1.29, 1.82) is 0 Å². The Balaban J connectivity index is 2.47. The molecule has 1 spiro atoms. The summed E-state index contributed by atoms with van der Waals surface area (Å²) in [5.74, 6) is -4.04. The van der Waals surface area contributed by atoms with E-state index in [-0.39, 0.29) is 28.3 Å². The highest BCUT2D eigenvalue weighted by Gasteiger charge is 2.64. The minimum Gasteiger partial charge on any atom is -0.469 e. The van der Waals surface area contributed by atoms with Crippen molar-refractivity contribution in [3.63, 3.8) is 0 Å². The van der Waals surface area contributed by atoms with Crippen LogP contribution in [0, 0.1) is 0 Å². The zero-order chi connectivity index (χ0) is 22.2. The number of rotatable bonds is 4. The van der Waals surface area contributed by atoms with Gasteiger partial charge in [-0.3, -0.25) is 4.79 Å². The number of para-hydroxylation sites is 1. The summed E-state index contributed by atoms with van der Waals surface area (Å²) in [6, 6.07) is 6.56. The normalized spacial score (nSPS) is 20.1. The number of hydrogen-bond acceptors (Lipinski definition) is 10. The number of hydrogen-bond donors (Lipinski definition) is 1. The van der Waals surface area contributed by atoms with Crippen LogP contribution in [0.15, 0.2) is 47.0 Å². The molecule has 2 aliphatic heterocycles. The number of esters is 4. The van der Waals surface area contributed by atoms with Crippen LogP contribution in [-0.2, 0) is 43.5 Å². The number of nitrogens with two attached hydrogens (primary N) is 1. The summed E-state index contributed by atoms with van der Waals surface area (Å²) in [6.45, 7) is 0. The van der Waals surface area contributed by atoms with Gasteiger partial charge in [0.05, 0.1) is 21.3 Å². The molecule has 1 aromatic rings. The lowest BCUT2D eigenvalue weighted by molar-refractivity contribution is -0.147. The first kappa shape index (κ1) is 20.9. The molecule has 10 heteroatoms. The second-order valence-corrected chi connectivity index (χ2v) is 6.51. The fourth-order valence-electron chi connectivity index (χ4n) is 3.79. The predicted molar refractivity (Wildman–Crippen MR) is 102 cm³/mol. The van der Waals surface area contributed by atoms with E-state index in [1.165, 1.54) is 4.90 Å². The van der Waals surface area contributed by atoms with Crippen LogP contribution in [0.5, 0.6) is 0 Å². The maximum absolute atomic E-state index is 13.4. The van der Waals surface area contributed by atoms with Crippen LogP contribution < -0.4 is 10.6 Å². The number of methoxy groups -OCH3 is 3. The van der Waals surface area contributed by atoms with Crippen molar-refractivity contribution >= 4 is 29.6 Å². The number of fused-ring (bicyclic) bond motifs is 2. The second kappa shape index (κ2) is 7.54. The van der Waals surface area contributed by atoms with Crippen LogP contribution in [0.1, 0.15) is 12.0 Å². The molecule has 0 unspecified atom stereocenters. The Bertz CT molecular complexity index is 1030. The third-order valence-corrected chi connectivity index (χ3v) is 5.15.